The summed E-state index contributed by atoms with van der Waals surface area (Å²) in [5.41, 5.74) is 2.71. The summed E-state index contributed by atoms with van der Waals surface area (Å²) >= 11 is 0. The van der Waals surface area contributed by atoms with Crippen LogP contribution in [0.15, 0.2) is 78.9 Å². The predicted molar refractivity (Wildman–Crippen MR) is 126 cm³/mol. The fourth-order valence-corrected chi connectivity index (χ4v) is 3.89. The van der Waals surface area contributed by atoms with Gasteiger partial charge in [0.05, 0.1) is 0 Å². The second-order valence-electron chi connectivity index (χ2n) is 8.17. The number of rotatable bonds is 6. The number of carbonyl (C=O) groups excluding carboxylic acids is 1. The van der Waals surface area contributed by atoms with Crippen LogP contribution in [-0.4, -0.2) is 51.1 Å². The van der Waals surface area contributed by atoms with E-state index >= 15 is 0 Å². The molecule has 160 valence electrons. The first-order valence-electron chi connectivity index (χ1n) is 10.6. The van der Waals surface area contributed by atoms with Gasteiger partial charge in [0.15, 0.2) is 0 Å². The smallest absolute Gasteiger partial charge is 0.258 e. The van der Waals surface area contributed by atoms with Gasteiger partial charge in [-0.25, -0.2) is 0 Å². The normalized spacial score (nSPS) is 15.9. The van der Waals surface area contributed by atoms with Crippen LogP contribution in [0.1, 0.15) is 16.8 Å². The molecule has 1 aliphatic rings. The highest BCUT2D eigenvalue weighted by Crippen LogP contribution is 2.26. The monoisotopic (exact) mass is 415 g/mol. The maximum absolute atomic E-state index is 12.9. The molecule has 1 saturated heterocycles. The van der Waals surface area contributed by atoms with Gasteiger partial charge in [-0.2, -0.15) is 0 Å². The van der Waals surface area contributed by atoms with Crippen molar-refractivity contribution in [1.82, 2.24) is 4.90 Å². The molecule has 4 rings (SSSR count). The average Bonchev–Trinajstić information content (AvgIpc) is 3.30. The molecule has 0 spiro atoms. The van der Waals surface area contributed by atoms with Gasteiger partial charge in [-0.05, 0) is 81.2 Å². The van der Waals surface area contributed by atoms with Crippen molar-refractivity contribution in [3.63, 3.8) is 0 Å². The number of nitrogens with zero attached hydrogens (tertiary/aromatic N) is 3. The number of hydrogen-bond acceptors (Lipinski definition) is 4. The van der Waals surface area contributed by atoms with Crippen molar-refractivity contribution in [2.75, 3.05) is 44.0 Å². The maximum Gasteiger partial charge on any atom is 0.258 e. The zero-order valence-corrected chi connectivity index (χ0v) is 18.4. The van der Waals surface area contributed by atoms with Crippen LogP contribution in [0.5, 0.6) is 11.5 Å². The first-order chi connectivity index (χ1) is 15.0. The molecule has 1 amide bonds. The number of hydrogen-bond donors (Lipinski definition) is 0. The summed E-state index contributed by atoms with van der Waals surface area (Å²) in [6.45, 7) is 2.10. The van der Waals surface area contributed by atoms with Gasteiger partial charge < -0.3 is 19.4 Å². The molecule has 3 aromatic carbocycles. The van der Waals surface area contributed by atoms with E-state index in [0.29, 0.717) is 17.4 Å². The summed E-state index contributed by atoms with van der Waals surface area (Å²) in [5.74, 6) is 1.43. The molecule has 1 aliphatic heterocycles. The fourth-order valence-electron chi connectivity index (χ4n) is 3.89. The lowest BCUT2D eigenvalue weighted by Crippen LogP contribution is -2.31. The van der Waals surface area contributed by atoms with Crippen LogP contribution in [0.25, 0.3) is 0 Å². The van der Waals surface area contributed by atoms with E-state index in [1.807, 2.05) is 61.6 Å². The topological polar surface area (TPSA) is 36.0 Å². The molecule has 0 bridgehead atoms. The van der Waals surface area contributed by atoms with Gasteiger partial charge in [-0.3, -0.25) is 4.79 Å². The molecule has 0 N–H and O–H groups in total. The summed E-state index contributed by atoms with van der Waals surface area (Å²) in [6.07, 6.45) is 1.18. The number of anilines is 2. The highest BCUT2D eigenvalue weighted by atomic mass is 16.5. The molecule has 5 heteroatoms. The molecule has 1 fully saturated rings. The number of para-hydroxylation sites is 1. The molecule has 0 aliphatic carbocycles. The second kappa shape index (κ2) is 9.23. The Balaban J connectivity index is 1.39. The first kappa shape index (κ1) is 20.9. The van der Waals surface area contributed by atoms with Gasteiger partial charge in [0.1, 0.15) is 11.5 Å². The van der Waals surface area contributed by atoms with Crippen molar-refractivity contribution in [2.24, 2.45) is 0 Å². The van der Waals surface area contributed by atoms with Gasteiger partial charge in [-0.1, -0.05) is 18.2 Å². The third kappa shape index (κ3) is 4.89. The third-order valence-electron chi connectivity index (χ3n) is 5.88. The van der Waals surface area contributed by atoms with E-state index in [2.05, 4.69) is 36.0 Å². The number of benzene rings is 3. The molecular weight excluding hydrogens is 386 g/mol. The predicted octanol–water partition coefficient (Wildman–Crippen LogP) is 4.90. The molecule has 0 saturated carbocycles. The van der Waals surface area contributed by atoms with Crippen molar-refractivity contribution in [1.29, 1.82) is 0 Å². The third-order valence-corrected chi connectivity index (χ3v) is 5.88. The van der Waals surface area contributed by atoms with Gasteiger partial charge in [0.25, 0.3) is 5.91 Å². The summed E-state index contributed by atoms with van der Waals surface area (Å²) < 4.78 is 5.81. The number of likely N-dealkylation sites (N-methyl/N-ethyl adjacent to an activating group) is 1. The molecule has 0 aromatic heterocycles. The van der Waals surface area contributed by atoms with Crippen molar-refractivity contribution in [3.05, 3.63) is 84.4 Å². The Labute approximate surface area is 184 Å². The molecule has 0 radical (unpaired) electrons. The van der Waals surface area contributed by atoms with E-state index in [-0.39, 0.29) is 5.91 Å². The van der Waals surface area contributed by atoms with E-state index in [9.17, 15) is 4.79 Å². The zero-order valence-electron chi connectivity index (χ0n) is 18.4. The molecular formula is C26H29N3O2. The summed E-state index contributed by atoms with van der Waals surface area (Å²) in [6, 6.07) is 25.7. The van der Waals surface area contributed by atoms with E-state index < -0.39 is 0 Å². The Morgan fingerprint density at radius 3 is 2.13 bits per heavy atom. The molecule has 1 atom stereocenters. The van der Waals surface area contributed by atoms with Gasteiger partial charge in [0, 0.05) is 43.1 Å². The lowest BCUT2D eigenvalue weighted by Gasteiger charge is -2.23. The van der Waals surface area contributed by atoms with Gasteiger partial charge in [-0.15, -0.1) is 0 Å². The van der Waals surface area contributed by atoms with Crippen LogP contribution >= 0.6 is 0 Å². The van der Waals surface area contributed by atoms with E-state index in [0.717, 1.165) is 24.5 Å². The van der Waals surface area contributed by atoms with Crippen molar-refractivity contribution in [3.8, 4) is 11.5 Å². The van der Waals surface area contributed by atoms with Gasteiger partial charge >= 0.3 is 0 Å². The summed E-state index contributed by atoms with van der Waals surface area (Å²) in [5, 5.41) is 0. The van der Waals surface area contributed by atoms with Crippen molar-refractivity contribution >= 4 is 17.3 Å². The van der Waals surface area contributed by atoms with Crippen LogP contribution in [-0.2, 0) is 0 Å². The van der Waals surface area contributed by atoms with E-state index in [4.69, 9.17) is 4.74 Å². The Morgan fingerprint density at radius 1 is 0.871 bits per heavy atom. The average molecular weight is 416 g/mol. The van der Waals surface area contributed by atoms with Crippen LogP contribution in [0, 0.1) is 0 Å². The minimum atomic E-state index is -0.0483. The number of ether oxygens (including phenoxy) is 1. The zero-order chi connectivity index (χ0) is 21.8. The Hall–Kier alpha value is -3.31. The largest absolute Gasteiger partial charge is 0.457 e. The fraction of sp³-hybridized carbons (Fsp3) is 0.269. The molecule has 31 heavy (non-hydrogen) atoms. The number of amides is 1. The molecule has 3 aromatic rings. The van der Waals surface area contributed by atoms with Crippen LogP contribution < -0.4 is 14.5 Å². The second-order valence-corrected chi connectivity index (χ2v) is 8.17. The van der Waals surface area contributed by atoms with Crippen molar-refractivity contribution in [2.45, 2.75) is 12.5 Å². The Bertz CT molecular complexity index is 1000. The maximum atomic E-state index is 12.9. The summed E-state index contributed by atoms with van der Waals surface area (Å²) in [7, 11) is 6.08. The molecule has 1 unspecified atom stereocenters. The van der Waals surface area contributed by atoms with E-state index in [1.165, 1.54) is 12.1 Å². The Kier molecular flexibility index (Phi) is 6.23. The minimum absolute atomic E-state index is 0.0483. The highest BCUT2D eigenvalue weighted by Gasteiger charge is 2.24. The molecule has 1 heterocycles. The van der Waals surface area contributed by atoms with Crippen LogP contribution in [0.2, 0.25) is 0 Å². The number of carbonyl (C=O) groups is 1. The van der Waals surface area contributed by atoms with E-state index in [1.54, 1.807) is 17.0 Å². The van der Waals surface area contributed by atoms with Crippen LogP contribution in [0.3, 0.4) is 0 Å². The first-order valence-corrected chi connectivity index (χ1v) is 10.6. The van der Waals surface area contributed by atoms with Crippen molar-refractivity contribution < 1.29 is 9.53 Å². The summed E-state index contributed by atoms with van der Waals surface area (Å²) in [4.78, 5) is 19.3. The van der Waals surface area contributed by atoms with Gasteiger partial charge in [0.2, 0.25) is 0 Å². The quantitative estimate of drug-likeness (QED) is 0.574. The lowest BCUT2D eigenvalue weighted by atomic mass is 10.1. The molecule has 5 nitrogen and oxygen atoms in total. The SMILES string of the molecule is CN(C(=O)c1ccc(Oc2ccccc2)cc1)c1ccc(N2CCC(N(C)C)C2)cc1. The Morgan fingerprint density at radius 2 is 1.52 bits per heavy atom. The van der Waals surface area contributed by atoms with Crippen LogP contribution in [0.4, 0.5) is 11.4 Å². The lowest BCUT2D eigenvalue weighted by molar-refractivity contribution is 0.0993. The standard InChI is InChI=1S/C26H29N3O2/c1-27(2)23-17-18-29(19-23)22-13-11-21(12-14-22)28(3)26(30)20-9-15-25(16-10-20)31-24-7-5-4-6-8-24/h4-16,23H,17-19H2,1-3H3. The highest BCUT2D eigenvalue weighted by molar-refractivity contribution is 6.05. The minimum Gasteiger partial charge on any atom is -0.457 e.